The molecule has 10 atom stereocenters. The number of thioether (sulfide) groups is 2. The summed E-state index contributed by atoms with van der Waals surface area (Å²) < 4.78 is 55.1. The molecule has 18 nitrogen and oxygen atoms in total. The number of benzene rings is 1. The fraction of sp³-hybridized carbons (Fsp3) is 0.550. The van der Waals surface area contributed by atoms with E-state index in [1.807, 2.05) is 0 Å². The summed E-state index contributed by atoms with van der Waals surface area (Å²) in [6, 6.07) is 6.95. The van der Waals surface area contributed by atoms with Crippen LogP contribution in [0.2, 0.25) is 0 Å². The lowest BCUT2D eigenvalue weighted by atomic mass is 9.99. The number of rotatable bonds is 14. The maximum Gasteiger partial charge on any atom is 0.303 e. The summed E-state index contributed by atoms with van der Waals surface area (Å²) in [6.45, 7) is 8.57. The topological polar surface area (TPSA) is 229 Å². The third kappa shape index (κ3) is 16.4. The van der Waals surface area contributed by atoms with Crippen LogP contribution in [0.15, 0.2) is 24.3 Å². The average Bonchev–Trinajstić information content (AvgIpc) is 3.14. The summed E-state index contributed by atoms with van der Waals surface area (Å²) in [4.78, 5) is 95.4. The van der Waals surface area contributed by atoms with E-state index in [0.717, 1.165) is 65.1 Å². The number of ether oxygens (including phenoxy) is 10. The van der Waals surface area contributed by atoms with Crippen LogP contribution in [0.4, 0.5) is 0 Å². The molecule has 60 heavy (non-hydrogen) atoms. The molecular weight excluding hydrogens is 833 g/mol. The Hall–Kier alpha value is -5.28. The molecule has 2 fully saturated rings. The zero-order chi connectivity index (χ0) is 44.5. The smallest absolute Gasteiger partial charge is 0.303 e. The number of esters is 8. The van der Waals surface area contributed by atoms with Crippen molar-refractivity contribution in [3.05, 3.63) is 35.4 Å². The zero-order valence-corrected chi connectivity index (χ0v) is 35.7. The highest BCUT2D eigenvalue weighted by Gasteiger charge is 2.53. The molecule has 326 valence electrons. The fourth-order valence-electron chi connectivity index (χ4n) is 5.81. The molecule has 0 spiro atoms. The molecule has 0 amide bonds. The summed E-state index contributed by atoms with van der Waals surface area (Å²) in [5, 5.41) is 0. The maximum atomic E-state index is 12.1. The second-order valence-corrected chi connectivity index (χ2v) is 15.1. The third-order valence-electron chi connectivity index (χ3n) is 7.89. The number of carbonyl (C=O) groups excluding carboxylic acids is 8. The molecule has 0 radical (unpaired) electrons. The highest BCUT2D eigenvalue weighted by atomic mass is 32.2. The first-order valence-electron chi connectivity index (χ1n) is 18.3. The van der Waals surface area contributed by atoms with Crippen LogP contribution < -0.4 is 0 Å². The van der Waals surface area contributed by atoms with Crippen molar-refractivity contribution in [3.8, 4) is 23.7 Å². The van der Waals surface area contributed by atoms with Gasteiger partial charge in [-0.05, 0) is 24.3 Å². The van der Waals surface area contributed by atoms with E-state index in [0.29, 0.717) is 11.1 Å². The van der Waals surface area contributed by atoms with Gasteiger partial charge in [-0.1, -0.05) is 23.7 Å². The van der Waals surface area contributed by atoms with Gasteiger partial charge in [-0.15, -0.1) is 23.5 Å². The van der Waals surface area contributed by atoms with Crippen LogP contribution >= 0.6 is 23.5 Å². The van der Waals surface area contributed by atoms with Crippen molar-refractivity contribution in [1.29, 1.82) is 0 Å². The Kier molecular flexibility index (Phi) is 19.7. The number of hydrogen-bond acceptors (Lipinski definition) is 20. The van der Waals surface area contributed by atoms with Crippen LogP contribution in [-0.4, -0.2) is 132 Å². The van der Waals surface area contributed by atoms with Gasteiger partial charge in [-0.2, -0.15) is 0 Å². The standard InChI is InChI=1S/C40H46O18S2/c1-21(41)49-19-31-33(51-23(3)43)35(53-25(5)45)37(55-27(7)47)39(57-31)59-17-9-11-29-13-15-30(16-14-29)12-10-18-60-40-38(56-28(8)48)36(54-26(6)46)34(52-24(4)44)32(58-40)20-50-22(2)42/h13-16,31-40H,17-20H2,1-8H3/t31-,32-,33-,34-,35+,36+,37-,38-,39+,40+/m1/s1. The lowest BCUT2D eigenvalue weighted by Crippen LogP contribution is -2.61. The SMILES string of the molecule is CC(=O)OC[C@H]1O[C@@H](SCC#Cc2ccc(C#CCS[C@@H]3O[C@H](COC(C)=O)[C@@H](OC(C)=O)[C@H](OC(C)=O)[C@H]3OC(C)=O)cc2)[C@H](OC(C)=O)[C@@H](OC(C)=O)[C@@H]1OC(C)=O. The molecule has 2 heterocycles. The van der Waals surface area contributed by atoms with Crippen LogP contribution in [0, 0.1) is 23.7 Å². The van der Waals surface area contributed by atoms with Gasteiger partial charge in [0.25, 0.3) is 0 Å². The van der Waals surface area contributed by atoms with E-state index in [1.54, 1.807) is 24.3 Å². The molecule has 3 rings (SSSR count). The minimum absolute atomic E-state index is 0.145. The molecule has 0 aromatic heterocycles. The van der Waals surface area contributed by atoms with E-state index in [-0.39, 0.29) is 24.7 Å². The van der Waals surface area contributed by atoms with E-state index < -0.39 is 107 Å². The Labute approximate surface area is 355 Å². The molecule has 20 heteroatoms. The predicted octanol–water partition coefficient (Wildman–Crippen LogP) is 2.02. The minimum atomic E-state index is -1.28. The lowest BCUT2D eigenvalue weighted by molar-refractivity contribution is -0.237. The molecule has 1 aromatic carbocycles. The second-order valence-electron chi connectivity index (χ2n) is 12.9. The first kappa shape index (κ1) is 49.1. The van der Waals surface area contributed by atoms with Crippen molar-refractivity contribution in [3.63, 3.8) is 0 Å². The number of carbonyl (C=O) groups is 8. The van der Waals surface area contributed by atoms with Crippen LogP contribution in [0.5, 0.6) is 0 Å². The van der Waals surface area contributed by atoms with Crippen molar-refractivity contribution in [2.75, 3.05) is 24.7 Å². The molecule has 1 aromatic rings. The van der Waals surface area contributed by atoms with Gasteiger partial charge in [0.2, 0.25) is 0 Å². The molecule has 2 saturated heterocycles. The van der Waals surface area contributed by atoms with Crippen molar-refractivity contribution >= 4 is 71.3 Å². The molecule has 0 N–H and O–H groups in total. The van der Waals surface area contributed by atoms with Crippen molar-refractivity contribution in [1.82, 2.24) is 0 Å². The fourth-order valence-corrected chi connectivity index (χ4v) is 7.69. The van der Waals surface area contributed by atoms with Crippen LogP contribution in [0.1, 0.15) is 66.5 Å². The number of hydrogen-bond donors (Lipinski definition) is 0. The molecule has 0 saturated carbocycles. The molecular formula is C40H46O18S2. The van der Waals surface area contributed by atoms with Crippen molar-refractivity contribution in [2.45, 2.75) is 115 Å². The molecule has 0 bridgehead atoms. The molecule has 0 aliphatic carbocycles. The van der Waals surface area contributed by atoms with Crippen LogP contribution in [0.25, 0.3) is 0 Å². The Morgan fingerprint density at radius 1 is 0.450 bits per heavy atom. The minimum Gasteiger partial charge on any atom is -0.463 e. The van der Waals surface area contributed by atoms with Gasteiger partial charge in [0.1, 0.15) is 36.3 Å². The Morgan fingerprint density at radius 2 is 0.733 bits per heavy atom. The van der Waals surface area contributed by atoms with Gasteiger partial charge >= 0.3 is 47.8 Å². The van der Waals surface area contributed by atoms with Gasteiger partial charge in [-0.3, -0.25) is 38.4 Å². The van der Waals surface area contributed by atoms with Gasteiger partial charge in [0, 0.05) is 66.5 Å². The monoisotopic (exact) mass is 878 g/mol. The normalized spacial score (nSPS) is 25.5. The molecule has 2 aliphatic heterocycles. The van der Waals surface area contributed by atoms with E-state index >= 15 is 0 Å². The lowest BCUT2D eigenvalue weighted by Gasteiger charge is -2.44. The highest BCUT2D eigenvalue weighted by molar-refractivity contribution is 8.00. The van der Waals surface area contributed by atoms with E-state index in [4.69, 9.17) is 47.4 Å². The summed E-state index contributed by atoms with van der Waals surface area (Å²) in [7, 11) is 0. The Balaban J connectivity index is 1.73. The molecule has 2 aliphatic rings. The van der Waals surface area contributed by atoms with E-state index in [2.05, 4.69) is 23.7 Å². The van der Waals surface area contributed by atoms with Crippen molar-refractivity contribution in [2.24, 2.45) is 0 Å². The predicted molar refractivity (Wildman–Crippen MR) is 209 cm³/mol. The Bertz CT molecular complexity index is 1730. The van der Waals surface area contributed by atoms with Crippen LogP contribution in [0.3, 0.4) is 0 Å². The zero-order valence-electron chi connectivity index (χ0n) is 34.1. The van der Waals surface area contributed by atoms with E-state index in [9.17, 15) is 38.4 Å². The largest absolute Gasteiger partial charge is 0.463 e. The van der Waals surface area contributed by atoms with Gasteiger partial charge in [0.15, 0.2) is 36.6 Å². The summed E-state index contributed by atoms with van der Waals surface area (Å²) in [6.07, 6.45) is -9.65. The van der Waals surface area contributed by atoms with Gasteiger partial charge in [-0.25, -0.2) is 0 Å². The third-order valence-corrected chi connectivity index (χ3v) is 9.92. The van der Waals surface area contributed by atoms with Gasteiger partial charge in [0.05, 0.1) is 11.5 Å². The Morgan fingerprint density at radius 3 is 1.02 bits per heavy atom. The summed E-state index contributed by atoms with van der Waals surface area (Å²) >= 11 is 2.24. The summed E-state index contributed by atoms with van der Waals surface area (Å²) in [5.41, 5.74) is -0.674. The summed E-state index contributed by atoms with van der Waals surface area (Å²) in [5.74, 6) is 6.72. The van der Waals surface area contributed by atoms with Crippen LogP contribution in [-0.2, 0) is 85.7 Å². The first-order chi connectivity index (χ1) is 28.3. The van der Waals surface area contributed by atoms with E-state index in [1.165, 1.54) is 13.8 Å². The van der Waals surface area contributed by atoms with Gasteiger partial charge < -0.3 is 47.4 Å². The average molecular weight is 879 g/mol. The highest BCUT2D eigenvalue weighted by Crippen LogP contribution is 2.36. The molecule has 0 unspecified atom stereocenters. The van der Waals surface area contributed by atoms with Crippen molar-refractivity contribution < 1.29 is 85.7 Å². The quantitative estimate of drug-likeness (QED) is 0.148. The second kappa shape index (κ2) is 24.1. The maximum absolute atomic E-state index is 12.1. The first-order valence-corrected chi connectivity index (χ1v) is 20.4.